The first-order chi connectivity index (χ1) is 14.5. The molecule has 0 spiro atoms. The Morgan fingerprint density at radius 1 is 1.00 bits per heavy atom. The van der Waals surface area contributed by atoms with Crippen LogP contribution in [-0.4, -0.2) is 34.6 Å². The molecule has 156 valence electrons. The first-order valence-electron chi connectivity index (χ1n) is 10.0. The molecule has 2 amide bonds. The van der Waals surface area contributed by atoms with E-state index in [1.165, 1.54) is 0 Å². The first-order valence-corrected chi connectivity index (χ1v) is 10.0. The zero-order valence-electron chi connectivity index (χ0n) is 17.1. The number of H-pyrrole nitrogens is 1. The fourth-order valence-electron chi connectivity index (χ4n) is 3.30. The molecular weight excluding hydrogens is 380 g/mol. The Hall–Kier alpha value is -3.48. The molecule has 0 radical (unpaired) electrons. The maximum Gasteiger partial charge on any atom is 0.272 e. The molecule has 7 nitrogen and oxygen atoms in total. The molecular formula is C23H26N4O3. The van der Waals surface area contributed by atoms with E-state index >= 15 is 0 Å². The van der Waals surface area contributed by atoms with E-state index in [1.54, 1.807) is 24.3 Å². The average molecular weight is 406 g/mol. The fourth-order valence-corrected chi connectivity index (χ4v) is 3.30. The molecule has 2 aromatic carbocycles. The molecule has 0 aliphatic carbocycles. The molecule has 3 N–H and O–H groups in total. The molecule has 0 saturated heterocycles. The molecule has 0 bridgehead atoms. The van der Waals surface area contributed by atoms with E-state index in [-0.39, 0.29) is 29.7 Å². The Labute approximate surface area is 174 Å². The van der Waals surface area contributed by atoms with Crippen LogP contribution in [0.4, 0.5) is 0 Å². The minimum absolute atomic E-state index is 0.0300. The lowest BCUT2D eigenvalue weighted by Crippen LogP contribution is -2.50. The summed E-state index contributed by atoms with van der Waals surface area (Å²) in [6, 6.07) is 16.2. The van der Waals surface area contributed by atoms with Gasteiger partial charge in [0, 0.05) is 11.9 Å². The Kier molecular flexibility index (Phi) is 6.95. The van der Waals surface area contributed by atoms with E-state index in [2.05, 4.69) is 20.8 Å². The molecule has 1 unspecified atom stereocenters. The molecule has 3 aromatic rings. The van der Waals surface area contributed by atoms with Gasteiger partial charge in [0.2, 0.25) is 11.8 Å². The highest BCUT2D eigenvalue weighted by Gasteiger charge is 2.24. The van der Waals surface area contributed by atoms with Gasteiger partial charge in [-0.1, -0.05) is 62.4 Å². The van der Waals surface area contributed by atoms with Crippen LogP contribution < -0.4 is 16.2 Å². The maximum atomic E-state index is 12.6. The number of fused-ring (bicyclic) bond motifs is 1. The maximum absolute atomic E-state index is 12.6. The summed E-state index contributed by atoms with van der Waals surface area (Å²) in [4.78, 5) is 37.2. The van der Waals surface area contributed by atoms with Gasteiger partial charge in [0.1, 0.15) is 6.04 Å². The fraction of sp³-hybridized carbons (Fsp3) is 0.304. The number of benzene rings is 2. The van der Waals surface area contributed by atoms with Gasteiger partial charge in [-0.15, -0.1) is 0 Å². The number of hydrogen-bond acceptors (Lipinski definition) is 4. The van der Waals surface area contributed by atoms with E-state index in [4.69, 9.17) is 0 Å². The third kappa shape index (κ3) is 5.31. The van der Waals surface area contributed by atoms with Crippen molar-refractivity contribution in [1.82, 2.24) is 20.8 Å². The lowest BCUT2D eigenvalue weighted by molar-refractivity contribution is -0.129. The number of nitrogens with one attached hydrogen (secondary N) is 3. The van der Waals surface area contributed by atoms with Crippen molar-refractivity contribution < 1.29 is 9.59 Å². The van der Waals surface area contributed by atoms with Gasteiger partial charge in [-0.25, -0.2) is 5.10 Å². The molecule has 0 aliphatic heterocycles. The predicted molar refractivity (Wildman–Crippen MR) is 116 cm³/mol. The summed E-state index contributed by atoms with van der Waals surface area (Å²) < 4.78 is 0. The van der Waals surface area contributed by atoms with Crippen molar-refractivity contribution in [1.29, 1.82) is 0 Å². The monoisotopic (exact) mass is 406 g/mol. The van der Waals surface area contributed by atoms with E-state index in [0.717, 1.165) is 12.0 Å². The quantitative estimate of drug-likeness (QED) is 0.532. The Balaban J connectivity index is 1.62. The zero-order valence-corrected chi connectivity index (χ0v) is 17.1. The van der Waals surface area contributed by atoms with E-state index in [9.17, 15) is 14.4 Å². The van der Waals surface area contributed by atoms with Gasteiger partial charge in [-0.05, 0) is 24.0 Å². The van der Waals surface area contributed by atoms with Gasteiger partial charge < -0.3 is 10.6 Å². The Morgan fingerprint density at radius 2 is 1.67 bits per heavy atom. The Morgan fingerprint density at radius 3 is 2.37 bits per heavy atom. The van der Waals surface area contributed by atoms with Gasteiger partial charge >= 0.3 is 0 Å². The SMILES string of the molecule is CC(C)C(NC(=O)Cc1n[nH]c(=O)c2ccccc12)C(=O)NCCc1ccccc1. The summed E-state index contributed by atoms with van der Waals surface area (Å²) in [5.74, 6) is -0.615. The summed E-state index contributed by atoms with van der Waals surface area (Å²) in [5.41, 5.74) is 1.31. The van der Waals surface area contributed by atoms with Crippen molar-refractivity contribution in [3.05, 3.63) is 76.2 Å². The van der Waals surface area contributed by atoms with Crippen molar-refractivity contribution in [2.75, 3.05) is 6.54 Å². The van der Waals surface area contributed by atoms with Crippen LogP contribution in [0.2, 0.25) is 0 Å². The smallest absolute Gasteiger partial charge is 0.272 e. The first kappa shape index (κ1) is 21.2. The van der Waals surface area contributed by atoms with Crippen LogP contribution in [0.3, 0.4) is 0 Å². The van der Waals surface area contributed by atoms with Crippen molar-refractivity contribution in [2.45, 2.75) is 32.7 Å². The largest absolute Gasteiger partial charge is 0.354 e. The second-order valence-electron chi connectivity index (χ2n) is 7.54. The van der Waals surface area contributed by atoms with Crippen molar-refractivity contribution in [2.24, 2.45) is 5.92 Å². The standard InChI is InChI=1S/C23H26N4O3/c1-15(2)21(23(30)24-13-12-16-8-4-3-5-9-16)25-20(28)14-19-17-10-6-7-11-18(17)22(29)27-26-19/h3-11,15,21H,12-14H2,1-2H3,(H,24,30)(H,25,28)(H,27,29). The van der Waals surface area contributed by atoms with Crippen LogP contribution in [0, 0.1) is 5.92 Å². The molecule has 1 heterocycles. The number of rotatable bonds is 8. The van der Waals surface area contributed by atoms with Crippen LogP contribution in [0.1, 0.15) is 25.1 Å². The topological polar surface area (TPSA) is 104 Å². The highest BCUT2D eigenvalue weighted by Crippen LogP contribution is 2.13. The van der Waals surface area contributed by atoms with E-state index in [0.29, 0.717) is 23.0 Å². The molecule has 1 atom stereocenters. The minimum atomic E-state index is -0.651. The molecule has 7 heteroatoms. The van der Waals surface area contributed by atoms with Crippen molar-refractivity contribution >= 4 is 22.6 Å². The van der Waals surface area contributed by atoms with E-state index < -0.39 is 6.04 Å². The molecule has 1 aromatic heterocycles. The average Bonchev–Trinajstić information content (AvgIpc) is 2.74. The number of carbonyl (C=O) groups excluding carboxylic acids is 2. The van der Waals surface area contributed by atoms with E-state index in [1.807, 2.05) is 44.2 Å². The molecule has 0 fully saturated rings. The van der Waals surface area contributed by atoms with Gasteiger partial charge in [0.15, 0.2) is 0 Å². The van der Waals surface area contributed by atoms with Crippen LogP contribution in [0.5, 0.6) is 0 Å². The van der Waals surface area contributed by atoms with Crippen LogP contribution in [-0.2, 0) is 22.4 Å². The highest BCUT2D eigenvalue weighted by atomic mass is 16.2. The second kappa shape index (κ2) is 9.82. The zero-order chi connectivity index (χ0) is 21.5. The van der Waals surface area contributed by atoms with Crippen molar-refractivity contribution in [3.8, 4) is 0 Å². The molecule has 30 heavy (non-hydrogen) atoms. The normalized spacial score (nSPS) is 12.0. The number of aromatic amines is 1. The van der Waals surface area contributed by atoms with Gasteiger partial charge in [-0.2, -0.15) is 5.10 Å². The molecule has 3 rings (SSSR count). The predicted octanol–water partition coefficient (Wildman–Crippen LogP) is 1.97. The summed E-state index contributed by atoms with van der Waals surface area (Å²) in [7, 11) is 0. The lowest BCUT2D eigenvalue weighted by atomic mass is 10.0. The second-order valence-corrected chi connectivity index (χ2v) is 7.54. The summed E-state index contributed by atoms with van der Waals surface area (Å²) in [6.45, 7) is 4.26. The number of amides is 2. The summed E-state index contributed by atoms with van der Waals surface area (Å²) in [5, 5.41) is 13.3. The summed E-state index contributed by atoms with van der Waals surface area (Å²) >= 11 is 0. The number of aromatic nitrogens is 2. The number of hydrogen-bond donors (Lipinski definition) is 3. The van der Waals surface area contributed by atoms with Crippen LogP contribution in [0.15, 0.2) is 59.4 Å². The van der Waals surface area contributed by atoms with Crippen LogP contribution in [0.25, 0.3) is 10.8 Å². The number of nitrogens with zero attached hydrogens (tertiary/aromatic N) is 1. The lowest BCUT2D eigenvalue weighted by Gasteiger charge is -2.22. The minimum Gasteiger partial charge on any atom is -0.354 e. The third-order valence-electron chi connectivity index (χ3n) is 4.92. The third-order valence-corrected chi connectivity index (χ3v) is 4.92. The number of carbonyl (C=O) groups is 2. The van der Waals surface area contributed by atoms with Crippen molar-refractivity contribution in [3.63, 3.8) is 0 Å². The summed E-state index contributed by atoms with van der Waals surface area (Å²) in [6.07, 6.45) is 0.691. The van der Waals surface area contributed by atoms with Crippen LogP contribution >= 0.6 is 0 Å². The van der Waals surface area contributed by atoms with Gasteiger partial charge in [-0.3, -0.25) is 14.4 Å². The van der Waals surface area contributed by atoms with Gasteiger partial charge in [0.05, 0.1) is 17.5 Å². The Bertz CT molecular complexity index is 1080. The van der Waals surface area contributed by atoms with Gasteiger partial charge in [0.25, 0.3) is 5.56 Å². The molecule has 0 aliphatic rings. The highest BCUT2D eigenvalue weighted by molar-refractivity contribution is 5.91. The molecule has 0 saturated carbocycles.